The first-order valence-electron chi connectivity index (χ1n) is 7.53. The number of amides is 1. The number of rotatable bonds is 3. The van der Waals surface area contributed by atoms with E-state index >= 15 is 0 Å². The quantitative estimate of drug-likeness (QED) is 0.914. The first-order chi connectivity index (χ1) is 10.7. The van der Waals surface area contributed by atoms with Crippen molar-refractivity contribution in [2.45, 2.75) is 46.3 Å². The molecule has 0 unspecified atom stereocenters. The number of hydrogen-bond acceptors (Lipinski definition) is 4. The van der Waals surface area contributed by atoms with Crippen molar-refractivity contribution in [1.29, 1.82) is 0 Å². The van der Waals surface area contributed by atoms with Gasteiger partial charge in [-0.2, -0.15) is 0 Å². The Morgan fingerprint density at radius 2 is 1.87 bits per heavy atom. The van der Waals surface area contributed by atoms with Crippen LogP contribution in [0.3, 0.4) is 0 Å². The zero-order chi connectivity index (χ0) is 17.2. The van der Waals surface area contributed by atoms with Gasteiger partial charge in [-0.15, -0.1) is 0 Å². The van der Waals surface area contributed by atoms with Crippen LogP contribution in [0, 0.1) is 20.8 Å². The second-order valence-corrected chi connectivity index (χ2v) is 6.52. The van der Waals surface area contributed by atoms with Crippen LogP contribution in [-0.2, 0) is 4.74 Å². The molecule has 0 saturated heterocycles. The van der Waals surface area contributed by atoms with Gasteiger partial charge in [-0.25, -0.2) is 4.79 Å². The normalized spacial score (nSPS) is 12.8. The maximum absolute atomic E-state index is 11.8. The lowest BCUT2D eigenvalue weighted by molar-refractivity contribution is 0.0513. The molecule has 1 N–H and O–H groups in total. The second-order valence-electron chi connectivity index (χ2n) is 6.52. The molecule has 5 heteroatoms. The van der Waals surface area contributed by atoms with Crippen molar-refractivity contribution < 1.29 is 14.1 Å². The molecule has 0 fully saturated rings. The number of nitrogens with zero attached hydrogens (tertiary/aromatic N) is 1. The van der Waals surface area contributed by atoms with Gasteiger partial charge in [0.25, 0.3) is 0 Å². The van der Waals surface area contributed by atoms with Gasteiger partial charge in [0.1, 0.15) is 11.4 Å². The van der Waals surface area contributed by atoms with E-state index in [4.69, 9.17) is 9.26 Å². The van der Waals surface area contributed by atoms with Crippen LogP contribution < -0.4 is 5.32 Å². The van der Waals surface area contributed by atoms with Crippen LogP contribution in [0.15, 0.2) is 28.8 Å². The number of benzene rings is 1. The zero-order valence-corrected chi connectivity index (χ0v) is 14.3. The fourth-order valence-electron chi connectivity index (χ4n) is 2.31. The monoisotopic (exact) mass is 315 g/mol. The highest BCUT2D eigenvalue weighted by molar-refractivity contribution is 5.69. The third-order valence-corrected chi connectivity index (χ3v) is 3.33. The molecule has 23 heavy (non-hydrogen) atoms. The molecule has 0 saturated carbocycles. The Morgan fingerprint density at radius 1 is 1.26 bits per heavy atom. The van der Waals surface area contributed by atoms with Gasteiger partial charge in [0.05, 0.1) is 11.7 Å². The Bertz CT molecular complexity index is 662. The number of aromatic nitrogens is 1. The molecule has 0 bridgehead atoms. The van der Waals surface area contributed by atoms with Crippen LogP contribution in [0.1, 0.15) is 43.8 Å². The molecule has 2 rings (SSSR count). The average Bonchev–Trinajstić information content (AvgIpc) is 2.76. The van der Waals surface area contributed by atoms with Crippen LogP contribution in [-0.4, -0.2) is 16.9 Å². The molecule has 1 atom stereocenters. The summed E-state index contributed by atoms with van der Waals surface area (Å²) in [6.07, 6.45) is -0.479. The number of nitrogens with one attached hydrogen (secondary N) is 1. The molecule has 2 aromatic rings. The van der Waals surface area contributed by atoms with Gasteiger partial charge in [-0.1, -0.05) is 29.4 Å². The van der Waals surface area contributed by atoms with E-state index in [1.54, 1.807) is 0 Å². The molecule has 5 nitrogen and oxygen atoms in total. The molecule has 1 amide bonds. The summed E-state index contributed by atoms with van der Waals surface area (Å²) in [7, 11) is 0. The molecule has 1 heterocycles. The summed E-state index contributed by atoms with van der Waals surface area (Å²) in [6.45, 7) is 13.2. The van der Waals surface area contributed by atoms with E-state index in [1.807, 2.05) is 58.9 Å². The Balaban J connectivity index is 2.09. The fraction of sp³-hybridized carbons (Fsp3) is 0.389. The summed E-state index contributed by atoms with van der Waals surface area (Å²) in [5.74, 6) is 0.785. The van der Waals surface area contributed by atoms with E-state index in [-0.39, 0.29) is 6.04 Å². The van der Waals surface area contributed by atoms with E-state index in [2.05, 4.69) is 17.4 Å². The van der Waals surface area contributed by atoms with E-state index in [1.165, 1.54) is 0 Å². The van der Waals surface area contributed by atoms with Gasteiger partial charge < -0.3 is 14.6 Å². The Kier molecular flexibility index (Phi) is 4.78. The third kappa shape index (κ3) is 4.34. The highest BCUT2D eigenvalue weighted by atomic mass is 16.6. The average molecular weight is 315 g/mol. The summed E-state index contributed by atoms with van der Waals surface area (Å²) >= 11 is 0. The van der Waals surface area contributed by atoms with Crippen molar-refractivity contribution in [3.05, 3.63) is 48.2 Å². The molecule has 0 aliphatic carbocycles. The number of alkyl carbamates (subject to hydrolysis) is 1. The standard InChI is InChI=1S/C18H23N2O3/c1-11(19-17(21)22-18(4,5)6)14-7-9-15(10-8-14)16-12(2)20-23-13(16)3/h7-11H,1H2,2-6H3,(H,19,21)/t11-/m1/s1. The number of ether oxygens (including phenoxy) is 1. The van der Waals surface area contributed by atoms with Crippen LogP contribution in [0.4, 0.5) is 4.79 Å². The summed E-state index contributed by atoms with van der Waals surface area (Å²) in [6, 6.07) is 7.41. The molecule has 0 aliphatic heterocycles. The molecular weight excluding hydrogens is 292 g/mol. The van der Waals surface area contributed by atoms with Crippen LogP contribution in [0.2, 0.25) is 0 Å². The molecule has 1 radical (unpaired) electrons. The predicted octanol–water partition coefficient (Wildman–Crippen LogP) is 4.36. The summed E-state index contributed by atoms with van der Waals surface area (Å²) in [4.78, 5) is 11.8. The van der Waals surface area contributed by atoms with Gasteiger partial charge in [-0.3, -0.25) is 0 Å². The Hall–Kier alpha value is -2.30. The summed E-state index contributed by atoms with van der Waals surface area (Å²) in [5, 5.41) is 6.69. The van der Waals surface area contributed by atoms with E-state index < -0.39 is 11.7 Å². The topological polar surface area (TPSA) is 64.4 Å². The van der Waals surface area contributed by atoms with Crippen molar-refractivity contribution >= 4 is 6.09 Å². The minimum absolute atomic E-state index is 0.386. The van der Waals surface area contributed by atoms with Gasteiger partial charge in [-0.05, 0) is 52.7 Å². The lowest BCUT2D eigenvalue weighted by atomic mass is 10.0. The van der Waals surface area contributed by atoms with Crippen LogP contribution in [0.5, 0.6) is 0 Å². The third-order valence-electron chi connectivity index (χ3n) is 3.33. The largest absolute Gasteiger partial charge is 0.444 e. The molecule has 0 spiro atoms. The molecule has 1 aromatic carbocycles. The van der Waals surface area contributed by atoms with Gasteiger partial charge in [0.2, 0.25) is 0 Å². The van der Waals surface area contributed by atoms with E-state index in [0.29, 0.717) is 0 Å². The van der Waals surface area contributed by atoms with Crippen molar-refractivity contribution in [2.24, 2.45) is 0 Å². The Morgan fingerprint density at radius 3 is 2.35 bits per heavy atom. The second kappa shape index (κ2) is 6.44. The molecule has 0 aliphatic rings. The minimum Gasteiger partial charge on any atom is -0.444 e. The van der Waals surface area contributed by atoms with Crippen molar-refractivity contribution in [3.63, 3.8) is 0 Å². The van der Waals surface area contributed by atoms with E-state index in [0.717, 1.165) is 28.1 Å². The van der Waals surface area contributed by atoms with Crippen LogP contribution in [0.25, 0.3) is 11.1 Å². The highest BCUT2D eigenvalue weighted by Crippen LogP contribution is 2.27. The lowest BCUT2D eigenvalue weighted by Gasteiger charge is -2.22. The molecular formula is C18H23N2O3. The predicted molar refractivity (Wildman–Crippen MR) is 88.9 cm³/mol. The number of carbonyl (C=O) groups excluding carboxylic acids is 1. The SMILES string of the molecule is [CH2][C@@H](NC(=O)OC(C)(C)C)c1ccc(-c2c(C)noc2C)cc1. The van der Waals surface area contributed by atoms with Gasteiger partial charge in [0.15, 0.2) is 0 Å². The van der Waals surface area contributed by atoms with Gasteiger partial charge in [0, 0.05) is 5.56 Å². The van der Waals surface area contributed by atoms with Gasteiger partial charge >= 0.3 is 6.09 Å². The molecule has 1 aromatic heterocycles. The van der Waals surface area contributed by atoms with Crippen molar-refractivity contribution in [1.82, 2.24) is 10.5 Å². The van der Waals surface area contributed by atoms with Crippen LogP contribution >= 0.6 is 0 Å². The number of carbonyl (C=O) groups is 1. The highest BCUT2D eigenvalue weighted by Gasteiger charge is 2.18. The molecule has 123 valence electrons. The fourth-order valence-corrected chi connectivity index (χ4v) is 2.31. The first-order valence-corrected chi connectivity index (χ1v) is 7.53. The zero-order valence-electron chi connectivity index (χ0n) is 14.3. The first kappa shape index (κ1) is 17.1. The summed E-state index contributed by atoms with van der Waals surface area (Å²) < 4.78 is 10.4. The maximum atomic E-state index is 11.8. The van der Waals surface area contributed by atoms with Crippen molar-refractivity contribution in [3.8, 4) is 11.1 Å². The maximum Gasteiger partial charge on any atom is 0.408 e. The van der Waals surface area contributed by atoms with Crippen molar-refractivity contribution in [2.75, 3.05) is 0 Å². The lowest BCUT2D eigenvalue weighted by Crippen LogP contribution is -2.34. The number of aryl methyl sites for hydroxylation is 2. The Labute approximate surface area is 137 Å². The number of hydrogen-bond donors (Lipinski definition) is 1. The minimum atomic E-state index is -0.531. The smallest absolute Gasteiger partial charge is 0.408 e. The van der Waals surface area contributed by atoms with E-state index in [9.17, 15) is 4.79 Å². The summed E-state index contributed by atoms with van der Waals surface area (Å²) in [5.41, 5.74) is 3.24.